The summed E-state index contributed by atoms with van der Waals surface area (Å²) in [6.07, 6.45) is 0.654. The van der Waals surface area contributed by atoms with E-state index in [1.54, 1.807) is 0 Å². The highest BCUT2D eigenvalue weighted by Gasteiger charge is 2.08. The highest BCUT2D eigenvalue weighted by Crippen LogP contribution is 2.25. The number of rotatable bonds is 4. The van der Waals surface area contributed by atoms with Crippen molar-refractivity contribution in [3.63, 3.8) is 0 Å². The quantitative estimate of drug-likeness (QED) is 0.860. The first-order valence-electron chi connectivity index (χ1n) is 6.55. The number of hydrogen-bond acceptors (Lipinski definition) is 2. The molecule has 0 bridgehead atoms. The fourth-order valence-corrected chi connectivity index (χ4v) is 2.17. The Morgan fingerprint density at radius 1 is 0.778 bits per heavy atom. The van der Waals surface area contributed by atoms with E-state index < -0.39 is 12.2 Å². The van der Waals surface area contributed by atoms with Gasteiger partial charge in [0.15, 0.2) is 0 Å². The van der Waals surface area contributed by atoms with E-state index in [0.29, 0.717) is 0 Å². The maximum absolute atomic E-state index is 9.83. The minimum absolute atomic E-state index is 0.393. The molecule has 2 nitrogen and oxygen atoms in total. The Balaban J connectivity index is 2.42. The lowest BCUT2D eigenvalue weighted by Gasteiger charge is -2.12. The van der Waals surface area contributed by atoms with Crippen LogP contribution in [0.2, 0.25) is 0 Å². The molecule has 2 heteroatoms. The number of aliphatic hydroxyl groups excluding tert-OH is 2. The summed E-state index contributed by atoms with van der Waals surface area (Å²) in [4.78, 5) is 0. The molecule has 0 aliphatic heterocycles. The topological polar surface area (TPSA) is 40.5 Å². The van der Waals surface area contributed by atoms with Gasteiger partial charge < -0.3 is 10.2 Å². The molecule has 0 aliphatic rings. The summed E-state index contributed by atoms with van der Waals surface area (Å²) in [6.45, 7) is 3.94. The molecule has 96 valence electrons. The molecule has 0 spiro atoms. The molecule has 0 amide bonds. The SMILES string of the molecule is CCC(O)c1ccc2cc(C(O)CC)ccc2c1. The van der Waals surface area contributed by atoms with Gasteiger partial charge in [0.25, 0.3) is 0 Å². The number of aliphatic hydroxyl groups is 2. The summed E-state index contributed by atoms with van der Waals surface area (Å²) in [5.74, 6) is 0. The Hall–Kier alpha value is -1.38. The maximum Gasteiger partial charge on any atom is 0.0787 e. The van der Waals surface area contributed by atoms with Crippen LogP contribution in [0.25, 0.3) is 10.8 Å². The van der Waals surface area contributed by atoms with E-state index in [2.05, 4.69) is 0 Å². The van der Waals surface area contributed by atoms with E-state index in [-0.39, 0.29) is 0 Å². The highest BCUT2D eigenvalue weighted by atomic mass is 16.3. The number of hydrogen-bond donors (Lipinski definition) is 2. The molecule has 2 N–H and O–H groups in total. The van der Waals surface area contributed by atoms with Crippen LogP contribution in [-0.4, -0.2) is 10.2 Å². The van der Waals surface area contributed by atoms with Crippen LogP contribution >= 0.6 is 0 Å². The second-order valence-electron chi connectivity index (χ2n) is 4.71. The first-order valence-corrected chi connectivity index (χ1v) is 6.55. The Kier molecular flexibility index (Phi) is 4.00. The standard InChI is InChI=1S/C16H20O2/c1-3-15(17)13-7-5-12-10-14(16(18)4-2)8-6-11(12)9-13/h5-10,15-18H,3-4H2,1-2H3. The van der Waals surface area contributed by atoms with Gasteiger partial charge in [-0.15, -0.1) is 0 Å². The normalized spacial score (nSPS) is 14.7. The Bertz CT molecular complexity index is 484. The van der Waals surface area contributed by atoms with Gasteiger partial charge in [0.05, 0.1) is 12.2 Å². The van der Waals surface area contributed by atoms with Gasteiger partial charge in [0.1, 0.15) is 0 Å². The Morgan fingerprint density at radius 3 is 1.50 bits per heavy atom. The fraction of sp³-hybridized carbons (Fsp3) is 0.375. The summed E-state index contributed by atoms with van der Waals surface area (Å²) in [5, 5.41) is 21.9. The lowest BCUT2D eigenvalue weighted by atomic mass is 9.98. The molecule has 2 aromatic carbocycles. The third-order valence-electron chi connectivity index (χ3n) is 3.43. The molecule has 0 saturated carbocycles. The molecule has 0 saturated heterocycles. The smallest absolute Gasteiger partial charge is 0.0787 e. The van der Waals surface area contributed by atoms with Crippen molar-refractivity contribution in [2.75, 3.05) is 0 Å². The van der Waals surface area contributed by atoms with Gasteiger partial charge in [-0.2, -0.15) is 0 Å². The van der Waals surface area contributed by atoms with E-state index in [9.17, 15) is 10.2 Å². The third kappa shape index (κ3) is 2.55. The molecule has 0 aromatic heterocycles. The molecule has 0 radical (unpaired) electrons. The summed E-state index contributed by atoms with van der Waals surface area (Å²) in [6, 6.07) is 12.0. The molecule has 2 aromatic rings. The molecule has 2 atom stereocenters. The van der Waals surface area contributed by atoms with Crippen molar-refractivity contribution in [3.05, 3.63) is 47.5 Å². The van der Waals surface area contributed by atoms with Gasteiger partial charge in [0, 0.05) is 0 Å². The van der Waals surface area contributed by atoms with Gasteiger partial charge >= 0.3 is 0 Å². The zero-order chi connectivity index (χ0) is 13.1. The van der Waals surface area contributed by atoms with E-state index in [1.807, 2.05) is 50.2 Å². The van der Waals surface area contributed by atoms with Gasteiger partial charge in [-0.3, -0.25) is 0 Å². The van der Waals surface area contributed by atoms with Gasteiger partial charge in [-0.05, 0) is 46.9 Å². The molecule has 0 heterocycles. The van der Waals surface area contributed by atoms with Crippen LogP contribution in [0.4, 0.5) is 0 Å². The van der Waals surface area contributed by atoms with Crippen LogP contribution in [0.1, 0.15) is 50.0 Å². The van der Waals surface area contributed by atoms with Crippen molar-refractivity contribution in [2.24, 2.45) is 0 Å². The lowest BCUT2D eigenvalue weighted by molar-refractivity contribution is 0.173. The molecule has 2 unspecified atom stereocenters. The molecular weight excluding hydrogens is 224 g/mol. The minimum atomic E-state index is -0.393. The maximum atomic E-state index is 9.83. The predicted molar refractivity (Wildman–Crippen MR) is 74.4 cm³/mol. The number of benzene rings is 2. The van der Waals surface area contributed by atoms with E-state index >= 15 is 0 Å². The third-order valence-corrected chi connectivity index (χ3v) is 3.43. The van der Waals surface area contributed by atoms with E-state index in [0.717, 1.165) is 34.7 Å². The van der Waals surface area contributed by atoms with Crippen LogP contribution in [0.3, 0.4) is 0 Å². The van der Waals surface area contributed by atoms with E-state index in [1.165, 1.54) is 0 Å². The van der Waals surface area contributed by atoms with Gasteiger partial charge in [-0.25, -0.2) is 0 Å². The van der Waals surface area contributed by atoms with Crippen LogP contribution in [0.15, 0.2) is 36.4 Å². The van der Waals surface area contributed by atoms with Crippen molar-refractivity contribution in [1.29, 1.82) is 0 Å². The van der Waals surface area contributed by atoms with Crippen molar-refractivity contribution in [1.82, 2.24) is 0 Å². The molecule has 0 fully saturated rings. The van der Waals surface area contributed by atoms with Gasteiger partial charge in [0.2, 0.25) is 0 Å². The average molecular weight is 244 g/mol. The molecule has 0 aliphatic carbocycles. The zero-order valence-electron chi connectivity index (χ0n) is 10.9. The second kappa shape index (κ2) is 5.51. The summed E-state index contributed by atoms with van der Waals surface area (Å²) in [5.41, 5.74) is 1.91. The van der Waals surface area contributed by atoms with Crippen LogP contribution in [-0.2, 0) is 0 Å². The van der Waals surface area contributed by atoms with Gasteiger partial charge in [-0.1, -0.05) is 38.1 Å². The van der Waals surface area contributed by atoms with Crippen LogP contribution in [0.5, 0.6) is 0 Å². The lowest BCUT2D eigenvalue weighted by Crippen LogP contribution is -1.96. The first-order chi connectivity index (χ1) is 8.65. The molecular formula is C16H20O2. The van der Waals surface area contributed by atoms with Crippen molar-refractivity contribution in [3.8, 4) is 0 Å². The average Bonchev–Trinajstić information content (AvgIpc) is 2.44. The summed E-state index contributed by atoms with van der Waals surface area (Å²) in [7, 11) is 0. The van der Waals surface area contributed by atoms with Crippen molar-refractivity contribution in [2.45, 2.75) is 38.9 Å². The largest absolute Gasteiger partial charge is 0.388 e. The van der Waals surface area contributed by atoms with E-state index in [4.69, 9.17) is 0 Å². The Morgan fingerprint density at radius 2 is 1.17 bits per heavy atom. The summed E-state index contributed by atoms with van der Waals surface area (Å²) >= 11 is 0. The number of fused-ring (bicyclic) bond motifs is 1. The Labute approximate surface area is 108 Å². The summed E-state index contributed by atoms with van der Waals surface area (Å²) < 4.78 is 0. The monoisotopic (exact) mass is 244 g/mol. The van der Waals surface area contributed by atoms with Crippen LogP contribution < -0.4 is 0 Å². The zero-order valence-corrected chi connectivity index (χ0v) is 10.9. The van der Waals surface area contributed by atoms with Crippen LogP contribution in [0, 0.1) is 0 Å². The second-order valence-corrected chi connectivity index (χ2v) is 4.71. The predicted octanol–water partition coefficient (Wildman–Crippen LogP) is 3.73. The van der Waals surface area contributed by atoms with Crippen molar-refractivity contribution < 1.29 is 10.2 Å². The molecule has 2 rings (SSSR count). The minimum Gasteiger partial charge on any atom is -0.388 e. The molecule has 18 heavy (non-hydrogen) atoms. The fourth-order valence-electron chi connectivity index (χ4n) is 2.17. The van der Waals surface area contributed by atoms with Crippen molar-refractivity contribution >= 4 is 10.8 Å². The highest BCUT2D eigenvalue weighted by molar-refractivity contribution is 5.84. The first kappa shape index (κ1) is 13.1.